The number of rotatable bonds is 6. The maximum absolute atomic E-state index is 10.7. The van der Waals surface area contributed by atoms with Crippen LogP contribution < -0.4 is 0 Å². The maximum atomic E-state index is 10.7. The lowest BCUT2D eigenvalue weighted by Gasteiger charge is -2.11. The lowest BCUT2D eigenvalue weighted by molar-refractivity contribution is -0.157. The van der Waals surface area contributed by atoms with Crippen molar-refractivity contribution in [2.75, 3.05) is 0 Å². The molecule has 0 aliphatic heterocycles. The summed E-state index contributed by atoms with van der Waals surface area (Å²) in [5.74, 6) is -2.46. The number of carboxylic acids is 2. The van der Waals surface area contributed by atoms with E-state index in [1.165, 1.54) is 0 Å². The van der Waals surface area contributed by atoms with E-state index in [1.54, 1.807) is 0 Å². The Labute approximate surface area is 98.6 Å². The molecule has 1 aromatic rings. The van der Waals surface area contributed by atoms with Gasteiger partial charge in [0.1, 0.15) is 0 Å². The monoisotopic (exact) mass is 238 g/mol. The number of carboxylic acid groups (broad SMARTS) is 2. The van der Waals surface area contributed by atoms with E-state index in [9.17, 15) is 9.59 Å². The molecule has 0 aliphatic carbocycles. The van der Waals surface area contributed by atoms with E-state index in [2.05, 4.69) is 0 Å². The molecule has 5 heteroatoms. The first kappa shape index (κ1) is 13.2. The fraction of sp³-hybridized carbons (Fsp3) is 0.333. The Balaban J connectivity index is 2.54. The zero-order valence-electron chi connectivity index (χ0n) is 9.42. The Morgan fingerprint density at radius 2 is 1.82 bits per heavy atom. The average molecular weight is 238 g/mol. The van der Waals surface area contributed by atoms with Gasteiger partial charge in [-0.05, 0) is 12.5 Å². The number of hydrogen-bond donors (Lipinski definition) is 2. The highest BCUT2D eigenvalue weighted by Crippen LogP contribution is 2.08. The molecule has 0 amide bonds. The van der Waals surface area contributed by atoms with Crippen molar-refractivity contribution in [2.24, 2.45) is 0 Å². The Morgan fingerprint density at radius 1 is 1.24 bits per heavy atom. The van der Waals surface area contributed by atoms with Crippen LogP contribution in [-0.4, -0.2) is 28.3 Å². The van der Waals surface area contributed by atoms with E-state index in [4.69, 9.17) is 14.9 Å². The van der Waals surface area contributed by atoms with E-state index in [0.29, 0.717) is 0 Å². The summed E-state index contributed by atoms with van der Waals surface area (Å²) in [6.07, 6.45) is -1.85. The second-order valence-electron chi connectivity index (χ2n) is 3.72. The molecular formula is C12H14O5. The van der Waals surface area contributed by atoms with Gasteiger partial charge in [-0.3, -0.25) is 4.79 Å². The molecule has 0 radical (unpaired) electrons. The van der Waals surface area contributed by atoms with Crippen LogP contribution in [0.5, 0.6) is 0 Å². The van der Waals surface area contributed by atoms with Crippen LogP contribution in [0.3, 0.4) is 0 Å². The number of aliphatic carboxylic acids is 2. The van der Waals surface area contributed by atoms with Crippen molar-refractivity contribution in [1.29, 1.82) is 0 Å². The summed E-state index contributed by atoms with van der Waals surface area (Å²) in [5.41, 5.74) is 1.90. The zero-order chi connectivity index (χ0) is 12.8. The topological polar surface area (TPSA) is 83.8 Å². The van der Waals surface area contributed by atoms with Crippen molar-refractivity contribution in [3.63, 3.8) is 0 Å². The molecule has 2 N–H and O–H groups in total. The minimum absolute atomic E-state index is 0.0878. The van der Waals surface area contributed by atoms with Crippen LogP contribution in [-0.2, 0) is 20.9 Å². The van der Waals surface area contributed by atoms with E-state index in [0.717, 1.165) is 11.1 Å². The number of hydrogen-bond acceptors (Lipinski definition) is 3. The van der Waals surface area contributed by atoms with Gasteiger partial charge in [0, 0.05) is 0 Å². The van der Waals surface area contributed by atoms with Crippen LogP contribution in [0.25, 0.3) is 0 Å². The highest BCUT2D eigenvalue weighted by Gasteiger charge is 2.21. The fourth-order valence-corrected chi connectivity index (χ4v) is 1.26. The van der Waals surface area contributed by atoms with Crippen molar-refractivity contribution in [2.45, 2.75) is 26.1 Å². The van der Waals surface area contributed by atoms with Crippen LogP contribution in [0.15, 0.2) is 24.3 Å². The summed E-state index contributed by atoms with van der Waals surface area (Å²) < 4.78 is 5.06. The van der Waals surface area contributed by atoms with Gasteiger partial charge in [-0.25, -0.2) is 4.79 Å². The summed E-state index contributed by atoms with van der Waals surface area (Å²) in [7, 11) is 0. The van der Waals surface area contributed by atoms with Gasteiger partial charge in [-0.1, -0.05) is 29.8 Å². The predicted octanol–water partition coefficient (Wildman–Crippen LogP) is 1.44. The first-order chi connectivity index (χ1) is 7.99. The maximum Gasteiger partial charge on any atom is 0.333 e. The molecule has 0 saturated carbocycles. The summed E-state index contributed by atoms with van der Waals surface area (Å²) in [5, 5.41) is 17.3. The van der Waals surface area contributed by atoms with E-state index < -0.39 is 24.5 Å². The first-order valence-electron chi connectivity index (χ1n) is 5.11. The SMILES string of the molecule is Cc1ccc(COC(CC(=O)O)C(=O)O)cc1. The molecule has 5 nitrogen and oxygen atoms in total. The lowest BCUT2D eigenvalue weighted by atomic mass is 10.1. The first-order valence-corrected chi connectivity index (χ1v) is 5.11. The number of ether oxygens (including phenoxy) is 1. The average Bonchev–Trinajstić information content (AvgIpc) is 2.25. The lowest BCUT2D eigenvalue weighted by Crippen LogP contribution is -2.26. The standard InChI is InChI=1S/C12H14O5/c1-8-2-4-9(5-3-8)7-17-10(12(15)16)6-11(13)14/h2-5,10H,6-7H2,1H3,(H,13,14)(H,15,16). The highest BCUT2D eigenvalue weighted by atomic mass is 16.5. The van der Waals surface area contributed by atoms with Crippen LogP contribution in [0.4, 0.5) is 0 Å². The number of aryl methyl sites for hydroxylation is 1. The van der Waals surface area contributed by atoms with E-state index in [-0.39, 0.29) is 6.61 Å². The molecule has 0 aromatic heterocycles. The third-order valence-corrected chi connectivity index (χ3v) is 2.21. The Kier molecular flexibility index (Phi) is 4.66. The molecule has 0 spiro atoms. The molecule has 1 atom stereocenters. The van der Waals surface area contributed by atoms with Crippen LogP contribution in [0, 0.1) is 6.92 Å². The van der Waals surface area contributed by atoms with E-state index in [1.807, 2.05) is 31.2 Å². The van der Waals surface area contributed by atoms with E-state index >= 15 is 0 Å². The van der Waals surface area contributed by atoms with Gasteiger partial charge >= 0.3 is 11.9 Å². The van der Waals surface area contributed by atoms with Crippen LogP contribution in [0.2, 0.25) is 0 Å². The molecule has 0 aliphatic rings. The smallest absolute Gasteiger partial charge is 0.333 e. The van der Waals surface area contributed by atoms with Gasteiger partial charge in [-0.2, -0.15) is 0 Å². The summed E-state index contributed by atoms with van der Waals surface area (Å²) in [6.45, 7) is 2.03. The van der Waals surface area contributed by atoms with Gasteiger partial charge in [0.2, 0.25) is 0 Å². The van der Waals surface area contributed by atoms with Gasteiger partial charge in [-0.15, -0.1) is 0 Å². The fourth-order valence-electron chi connectivity index (χ4n) is 1.26. The third kappa shape index (κ3) is 4.65. The van der Waals surface area contributed by atoms with Crippen molar-refractivity contribution >= 4 is 11.9 Å². The number of carbonyl (C=O) groups is 2. The minimum atomic E-state index is -1.31. The Bertz CT molecular complexity index is 396. The molecule has 1 aromatic carbocycles. The summed E-state index contributed by atoms with van der Waals surface area (Å²) in [6, 6.07) is 7.39. The summed E-state index contributed by atoms with van der Waals surface area (Å²) >= 11 is 0. The third-order valence-electron chi connectivity index (χ3n) is 2.21. The van der Waals surface area contributed by atoms with Crippen LogP contribution in [0.1, 0.15) is 17.5 Å². The quantitative estimate of drug-likeness (QED) is 0.783. The minimum Gasteiger partial charge on any atom is -0.481 e. The molecule has 1 unspecified atom stereocenters. The second kappa shape index (κ2) is 6.00. The normalized spacial score (nSPS) is 12.1. The summed E-state index contributed by atoms with van der Waals surface area (Å²) in [4.78, 5) is 21.1. The predicted molar refractivity (Wildman–Crippen MR) is 59.6 cm³/mol. The van der Waals surface area contributed by atoms with Crippen molar-refractivity contribution < 1.29 is 24.5 Å². The van der Waals surface area contributed by atoms with Crippen LogP contribution >= 0.6 is 0 Å². The molecule has 0 heterocycles. The molecule has 0 saturated heterocycles. The van der Waals surface area contributed by atoms with Gasteiger partial charge < -0.3 is 14.9 Å². The van der Waals surface area contributed by atoms with Crippen molar-refractivity contribution in [3.05, 3.63) is 35.4 Å². The van der Waals surface area contributed by atoms with Gasteiger partial charge in [0.15, 0.2) is 6.10 Å². The zero-order valence-corrected chi connectivity index (χ0v) is 9.42. The van der Waals surface area contributed by atoms with Gasteiger partial charge in [0.05, 0.1) is 13.0 Å². The highest BCUT2D eigenvalue weighted by molar-refractivity contribution is 5.79. The molecule has 1 rings (SSSR count). The molecular weight excluding hydrogens is 224 g/mol. The number of benzene rings is 1. The van der Waals surface area contributed by atoms with Crippen molar-refractivity contribution in [1.82, 2.24) is 0 Å². The molecule has 0 fully saturated rings. The molecule has 17 heavy (non-hydrogen) atoms. The molecule has 92 valence electrons. The second-order valence-corrected chi connectivity index (χ2v) is 3.72. The van der Waals surface area contributed by atoms with Crippen molar-refractivity contribution in [3.8, 4) is 0 Å². The molecule has 0 bridgehead atoms. The largest absolute Gasteiger partial charge is 0.481 e. The Hall–Kier alpha value is -1.88. The Morgan fingerprint density at radius 3 is 2.29 bits per heavy atom. The van der Waals surface area contributed by atoms with Gasteiger partial charge in [0.25, 0.3) is 0 Å².